The molecule has 0 saturated carbocycles. The van der Waals surface area contributed by atoms with Crippen molar-refractivity contribution >= 4 is 28.4 Å². The lowest BCUT2D eigenvalue weighted by Gasteiger charge is -2.13. The Morgan fingerprint density at radius 1 is 1.71 bits per heavy atom. The predicted octanol–water partition coefficient (Wildman–Crippen LogP) is 2.01. The molecule has 0 aliphatic heterocycles. The van der Waals surface area contributed by atoms with E-state index >= 15 is 0 Å². The summed E-state index contributed by atoms with van der Waals surface area (Å²) in [6, 6.07) is 1.55. The van der Waals surface area contributed by atoms with Gasteiger partial charge in [0.25, 0.3) is 0 Å². The van der Waals surface area contributed by atoms with Crippen LogP contribution in [0.2, 0.25) is 0 Å². The third kappa shape index (κ3) is 3.38. The molecule has 1 atom stereocenters. The van der Waals surface area contributed by atoms with Crippen LogP contribution in [-0.2, 0) is 0 Å². The zero-order valence-corrected chi connectivity index (χ0v) is 9.95. The first kappa shape index (κ1) is 11.6. The summed E-state index contributed by atoms with van der Waals surface area (Å²) in [7, 11) is 0. The first-order valence-electron chi connectivity index (χ1n) is 4.32. The first-order valence-corrected chi connectivity index (χ1v) is 5.40. The van der Waals surface area contributed by atoms with Gasteiger partial charge in [0.2, 0.25) is 0 Å². The molecule has 0 radical (unpaired) electrons. The number of nitrogens with zero attached hydrogens (tertiary/aromatic N) is 1. The monoisotopic (exact) mass is 310 g/mol. The normalized spacial score (nSPS) is 12.6. The standard InChI is InChI=1S/C9H12FIN2O/c1-6(2-3-14)13-9-8(11)4-7(10)5-12-9/h4-6,14H,2-3H2,1H3,(H,12,13)/t6-/m0/s1. The minimum Gasteiger partial charge on any atom is -0.396 e. The Labute approximate surface area is 95.9 Å². The van der Waals surface area contributed by atoms with E-state index in [1.807, 2.05) is 29.5 Å². The lowest BCUT2D eigenvalue weighted by Crippen LogP contribution is -2.18. The van der Waals surface area contributed by atoms with Gasteiger partial charge in [0.15, 0.2) is 0 Å². The molecule has 0 bridgehead atoms. The van der Waals surface area contributed by atoms with Crippen molar-refractivity contribution in [3.05, 3.63) is 21.7 Å². The van der Waals surface area contributed by atoms with E-state index in [1.54, 1.807) is 0 Å². The topological polar surface area (TPSA) is 45.1 Å². The van der Waals surface area contributed by atoms with Gasteiger partial charge in [0.05, 0.1) is 9.77 Å². The second-order valence-corrected chi connectivity index (χ2v) is 4.20. The second-order valence-electron chi connectivity index (χ2n) is 3.04. The highest BCUT2D eigenvalue weighted by Crippen LogP contribution is 2.17. The summed E-state index contributed by atoms with van der Waals surface area (Å²) in [5, 5.41) is 11.8. The van der Waals surface area contributed by atoms with Crippen LogP contribution in [0.4, 0.5) is 10.2 Å². The average molecular weight is 310 g/mol. The third-order valence-corrected chi connectivity index (χ3v) is 2.58. The molecule has 2 N–H and O–H groups in total. The maximum atomic E-state index is 12.7. The van der Waals surface area contributed by atoms with Gasteiger partial charge in [-0.1, -0.05) is 0 Å². The fraction of sp³-hybridized carbons (Fsp3) is 0.444. The Hall–Kier alpha value is -0.430. The number of anilines is 1. The molecule has 0 fully saturated rings. The fourth-order valence-electron chi connectivity index (χ4n) is 1.02. The summed E-state index contributed by atoms with van der Waals surface area (Å²) < 4.78 is 13.4. The third-order valence-electron chi connectivity index (χ3n) is 1.75. The van der Waals surface area contributed by atoms with Crippen LogP contribution < -0.4 is 5.32 Å². The number of pyridine rings is 1. The van der Waals surface area contributed by atoms with Gasteiger partial charge in [-0.3, -0.25) is 0 Å². The summed E-state index contributed by atoms with van der Waals surface area (Å²) in [4.78, 5) is 3.92. The van der Waals surface area contributed by atoms with Crippen LogP contribution in [0.25, 0.3) is 0 Å². The number of aliphatic hydroxyl groups excluding tert-OH is 1. The maximum absolute atomic E-state index is 12.7. The van der Waals surface area contributed by atoms with Crippen molar-refractivity contribution < 1.29 is 9.50 Å². The molecule has 0 unspecified atom stereocenters. The number of hydrogen-bond acceptors (Lipinski definition) is 3. The molecule has 1 aromatic heterocycles. The van der Waals surface area contributed by atoms with E-state index in [2.05, 4.69) is 10.3 Å². The van der Waals surface area contributed by atoms with Crippen molar-refractivity contribution in [2.75, 3.05) is 11.9 Å². The van der Waals surface area contributed by atoms with E-state index in [1.165, 1.54) is 12.3 Å². The van der Waals surface area contributed by atoms with Gasteiger partial charge in [-0.05, 0) is 42.0 Å². The van der Waals surface area contributed by atoms with E-state index < -0.39 is 0 Å². The zero-order chi connectivity index (χ0) is 10.6. The van der Waals surface area contributed by atoms with Gasteiger partial charge < -0.3 is 10.4 Å². The number of nitrogens with one attached hydrogen (secondary N) is 1. The number of halogens is 2. The van der Waals surface area contributed by atoms with Gasteiger partial charge in [-0.25, -0.2) is 9.37 Å². The van der Waals surface area contributed by atoms with Crippen molar-refractivity contribution in [1.29, 1.82) is 0 Å². The highest BCUT2D eigenvalue weighted by Gasteiger charge is 2.06. The van der Waals surface area contributed by atoms with Gasteiger partial charge in [-0.15, -0.1) is 0 Å². The molecule has 0 amide bonds. The molecule has 0 spiro atoms. The SMILES string of the molecule is C[C@@H](CCO)Nc1ncc(F)cc1I. The summed E-state index contributed by atoms with van der Waals surface area (Å²) in [6.07, 6.45) is 1.82. The highest BCUT2D eigenvalue weighted by atomic mass is 127. The van der Waals surface area contributed by atoms with Crippen molar-refractivity contribution in [1.82, 2.24) is 4.98 Å². The molecule has 1 rings (SSSR count). The quantitative estimate of drug-likeness (QED) is 0.836. The molecule has 1 aromatic rings. The molecule has 78 valence electrons. The molecule has 14 heavy (non-hydrogen) atoms. The van der Waals surface area contributed by atoms with Crippen molar-refractivity contribution in [3.63, 3.8) is 0 Å². The van der Waals surface area contributed by atoms with Gasteiger partial charge in [0.1, 0.15) is 11.6 Å². The molecule has 1 heterocycles. The molecule has 0 aliphatic rings. The van der Waals surface area contributed by atoms with E-state index in [-0.39, 0.29) is 18.5 Å². The van der Waals surface area contributed by atoms with Gasteiger partial charge in [-0.2, -0.15) is 0 Å². The van der Waals surface area contributed by atoms with Crippen molar-refractivity contribution in [2.45, 2.75) is 19.4 Å². The second kappa shape index (κ2) is 5.45. The average Bonchev–Trinajstić information content (AvgIpc) is 2.10. The summed E-state index contributed by atoms with van der Waals surface area (Å²) in [6.45, 7) is 2.07. The minimum absolute atomic E-state index is 0.131. The van der Waals surface area contributed by atoms with E-state index in [4.69, 9.17) is 5.11 Å². The number of rotatable bonds is 4. The molecular weight excluding hydrogens is 298 g/mol. The van der Waals surface area contributed by atoms with E-state index in [0.717, 1.165) is 3.57 Å². The number of aromatic nitrogens is 1. The molecule has 0 aromatic carbocycles. The Bertz CT molecular complexity index is 309. The molecule has 5 heteroatoms. The smallest absolute Gasteiger partial charge is 0.142 e. The summed E-state index contributed by atoms with van der Waals surface area (Å²) in [5.74, 6) is 0.322. The van der Waals surface area contributed by atoms with Crippen LogP contribution in [-0.4, -0.2) is 22.7 Å². The van der Waals surface area contributed by atoms with Crippen LogP contribution in [0.1, 0.15) is 13.3 Å². The lowest BCUT2D eigenvalue weighted by molar-refractivity contribution is 0.282. The van der Waals surface area contributed by atoms with Crippen LogP contribution in [0.3, 0.4) is 0 Å². The van der Waals surface area contributed by atoms with E-state index in [0.29, 0.717) is 12.2 Å². The fourth-order valence-corrected chi connectivity index (χ4v) is 1.61. The first-order chi connectivity index (χ1) is 6.63. The van der Waals surface area contributed by atoms with Gasteiger partial charge >= 0.3 is 0 Å². The Morgan fingerprint density at radius 2 is 2.43 bits per heavy atom. The van der Waals surface area contributed by atoms with Crippen LogP contribution in [0, 0.1) is 9.39 Å². The number of aliphatic hydroxyl groups is 1. The predicted molar refractivity (Wildman–Crippen MR) is 61.7 cm³/mol. The largest absolute Gasteiger partial charge is 0.396 e. The zero-order valence-electron chi connectivity index (χ0n) is 7.80. The van der Waals surface area contributed by atoms with Gasteiger partial charge in [0, 0.05) is 12.6 Å². The lowest BCUT2D eigenvalue weighted by atomic mass is 10.2. The van der Waals surface area contributed by atoms with Crippen LogP contribution in [0.15, 0.2) is 12.3 Å². The Balaban J connectivity index is 2.67. The summed E-state index contributed by atoms with van der Waals surface area (Å²) >= 11 is 2.02. The van der Waals surface area contributed by atoms with Crippen LogP contribution in [0.5, 0.6) is 0 Å². The molecular formula is C9H12FIN2O. The molecule has 3 nitrogen and oxygen atoms in total. The van der Waals surface area contributed by atoms with Crippen molar-refractivity contribution in [2.24, 2.45) is 0 Å². The Kier molecular flexibility index (Phi) is 4.53. The van der Waals surface area contributed by atoms with E-state index in [9.17, 15) is 4.39 Å². The molecule has 0 saturated heterocycles. The summed E-state index contributed by atoms with van der Waals surface area (Å²) in [5.41, 5.74) is 0. The maximum Gasteiger partial charge on any atom is 0.142 e. The van der Waals surface area contributed by atoms with Crippen molar-refractivity contribution in [3.8, 4) is 0 Å². The number of hydrogen-bond donors (Lipinski definition) is 2. The molecule has 0 aliphatic carbocycles. The Morgan fingerprint density at radius 3 is 3.00 bits per heavy atom. The van der Waals surface area contributed by atoms with Crippen LogP contribution >= 0.6 is 22.6 Å². The highest BCUT2D eigenvalue weighted by molar-refractivity contribution is 14.1. The minimum atomic E-state index is -0.338.